The smallest absolute Gasteiger partial charge is 0.340 e. The quantitative estimate of drug-likeness (QED) is 0.0145. The van der Waals surface area contributed by atoms with Crippen LogP contribution < -0.4 is 72.1 Å². The van der Waals surface area contributed by atoms with Gasteiger partial charge in [0.05, 0.1) is 29.4 Å². The number of nitrogens with zero attached hydrogens (tertiary/aromatic N) is 4. The van der Waals surface area contributed by atoms with E-state index in [1.165, 1.54) is 0 Å². The first-order valence-corrected chi connectivity index (χ1v) is 29.0. The molecule has 3 heterocycles. The Balaban J connectivity index is 0.000000223. The van der Waals surface area contributed by atoms with E-state index in [9.17, 15) is 33.9 Å². The topological polar surface area (TPSA) is 263 Å². The maximum absolute atomic E-state index is 13.2. The standard InChI is InChI=1S/2C32H38N6O5/c1-5-37(17-15-35-30(40)33-3)21-11-13-25-27(19-21)42-28-20-22(38(6-2)18-16-36-31(41)34-4)12-14-26(28)32(25)24-10-8-7-9-23(24)29(39)43-32;1-5-37(18-17-35-32(42)34-4)21-11-13-25-27(19-21)43-28-20-22(38(6-2)36-16-15-29(39)33-3)12-14-26(28)30(25)23-9-7-8-10-24(23)31(40)41/h7-14,19-20H,5-6,15-18H2,1-4H3,(H2,33,35,40)(H2,34,36,41);7-14,19-20,36H,5-6,15-18H2,1-4H3,(H3-,33,34,35,39,40,41,42)/p+1. The summed E-state index contributed by atoms with van der Waals surface area (Å²) in [5.74, 6) is 0.345. The second-order valence-corrected chi connectivity index (χ2v) is 20.1. The van der Waals surface area contributed by atoms with Crippen molar-refractivity contribution in [1.29, 1.82) is 0 Å². The van der Waals surface area contributed by atoms with E-state index in [1.54, 1.807) is 46.4 Å². The predicted octanol–water partition coefficient (Wildman–Crippen LogP) is 6.86. The van der Waals surface area contributed by atoms with Crippen molar-refractivity contribution in [3.63, 3.8) is 0 Å². The number of carbonyl (C=O) groups is 6. The summed E-state index contributed by atoms with van der Waals surface area (Å²) in [5.41, 5.74) is 10.6. The number of likely N-dealkylation sites (N-methyl/N-ethyl adjacent to an activating group) is 3. The van der Waals surface area contributed by atoms with Gasteiger partial charge in [0.25, 0.3) is 0 Å². The molecule has 452 valence electrons. The molecule has 5 aromatic rings. The van der Waals surface area contributed by atoms with Crippen molar-refractivity contribution in [1.82, 2.24) is 47.2 Å². The van der Waals surface area contributed by atoms with Crippen LogP contribution in [0, 0.1) is 0 Å². The van der Waals surface area contributed by atoms with Gasteiger partial charge in [0.2, 0.25) is 11.3 Å². The lowest BCUT2D eigenvalue weighted by atomic mass is 9.77. The van der Waals surface area contributed by atoms with Crippen LogP contribution in [-0.4, -0.2) is 141 Å². The molecule has 9 N–H and O–H groups in total. The second kappa shape index (κ2) is 28.6. The van der Waals surface area contributed by atoms with E-state index in [0.717, 1.165) is 55.6 Å². The molecule has 1 aliphatic carbocycles. The van der Waals surface area contributed by atoms with Gasteiger partial charge >= 0.3 is 30.0 Å². The third kappa shape index (κ3) is 13.6. The maximum atomic E-state index is 13.2. The van der Waals surface area contributed by atoms with Crippen LogP contribution in [0.15, 0.2) is 126 Å². The van der Waals surface area contributed by atoms with Gasteiger partial charge in [-0.2, -0.15) is 0 Å². The predicted molar refractivity (Wildman–Crippen MR) is 333 cm³/mol. The first kappa shape index (κ1) is 62.2. The zero-order valence-corrected chi connectivity index (χ0v) is 49.9. The SMILES string of the molecule is CCN(CCNC(=O)NC)c1ccc2c(c1)Oc1cc(N(CC)CCNC(=O)NC)ccc1C21OC(=O)c2ccccc21.CCN(NCCC(=O)NC)c1ccc2c(-c3ccccc3C(=O)O)c3ccc(=[N+](CC)CCNC(=O)NC)cc-3oc2c1. The summed E-state index contributed by atoms with van der Waals surface area (Å²) in [6.45, 7) is 14.6. The lowest BCUT2D eigenvalue weighted by Gasteiger charge is -2.38. The van der Waals surface area contributed by atoms with E-state index in [0.29, 0.717) is 112 Å². The lowest BCUT2D eigenvalue weighted by Crippen LogP contribution is -2.40. The largest absolute Gasteiger partial charge is 0.478 e. The number of hydrazine groups is 1. The Labute approximate surface area is 500 Å². The van der Waals surface area contributed by atoms with E-state index in [-0.39, 0.29) is 35.5 Å². The zero-order chi connectivity index (χ0) is 61.5. The minimum atomic E-state index is -1.16. The van der Waals surface area contributed by atoms with Gasteiger partial charge in [0.15, 0.2) is 12.1 Å². The first-order chi connectivity index (χ1) is 41.7. The van der Waals surface area contributed by atoms with Gasteiger partial charge in [-0.05, 0) is 87.9 Å². The summed E-state index contributed by atoms with van der Waals surface area (Å²) < 4.78 is 21.6. The molecule has 0 fully saturated rings. The number of esters is 1. The van der Waals surface area contributed by atoms with Crippen molar-refractivity contribution in [2.45, 2.75) is 39.7 Å². The molecule has 0 saturated carbocycles. The Bertz CT molecular complexity index is 3580. The molecule has 0 unspecified atom stereocenters. The molecule has 0 aromatic heterocycles. The molecule has 0 radical (unpaired) electrons. The number of urea groups is 3. The minimum Gasteiger partial charge on any atom is -0.478 e. The van der Waals surface area contributed by atoms with E-state index in [2.05, 4.69) is 70.9 Å². The molecule has 1 spiro atoms. The molecule has 0 atom stereocenters. The van der Waals surface area contributed by atoms with Crippen molar-refractivity contribution in [2.24, 2.45) is 0 Å². The number of ether oxygens (including phenoxy) is 2. The highest BCUT2D eigenvalue weighted by molar-refractivity contribution is 6.08. The van der Waals surface area contributed by atoms with Crippen LogP contribution in [0.1, 0.15) is 71.5 Å². The molecule has 5 aromatic carbocycles. The van der Waals surface area contributed by atoms with Gasteiger partial charge in [-0.1, -0.05) is 36.4 Å². The van der Waals surface area contributed by atoms with Crippen LogP contribution in [-0.2, 0) is 15.1 Å². The molecule has 4 aliphatic rings. The van der Waals surface area contributed by atoms with Crippen molar-refractivity contribution >= 4 is 64.0 Å². The Morgan fingerprint density at radius 1 is 0.581 bits per heavy atom. The Morgan fingerprint density at radius 3 is 1.73 bits per heavy atom. The highest BCUT2D eigenvalue weighted by atomic mass is 16.6. The average Bonchev–Trinajstić information content (AvgIpc) is 1.50. The highest BCUT2D eigenvalue weighted by Crippen LogP contribution is 2.57. The highest BCUT2D eigenvalue weighted by Gasteiger charge is 2.53. The van der Waals surface area contributed by atoms with E-state index >= 15 is 0 Å². The van der Waals surface area contributed by atoms with Crippen LogP contribution in [0.5, 0.6) is 11.5 Å². The van der Waals surface area contributed by atoms with Crippen LogP contribution in [0.4, 0.5) is 31.4 Å². The maximum Gasteiger partial charge on any atom is 0.340 e. The number of hydrogen-bond acceptors (Lipinski definition) is 13. The number of anilines is 3. The summed E-state index contributed by atoms with van der Waals surface area (Å²) in [6.07, 6.45) is 0.334. The van der Waals surface area contributed by atoms with Gasteiger partial charge in [0, 0.05) is 156 Å². The fraction of sp³-hybridized carbons (Fsp3) is 0.328. The Kier molecular flexibility index (Phi) is 20.7. The number of nitrogens with one attached hydrogen (secondary N) is 8. The van der Waals surface area contributed by atoms with E-state index < -0.39 is 11.6 Å². The summed E-state index contributed by atoms with van der Waals surface area (Å²) in [4.78, 5) is 76.5. The fourth-order valence-electron chi connectivity index (χ4n) is 10.9. The first-order valence-electron chi connectivity index (χ1n) is 29.0. The third-order valence-electron chi connectivity index (χ3n) is 15.3. The van der Waals surface area contributed by atoms with Crippen LogP contribution >= 0.6 is 0 Å². The van der Waals surface area contributed by atoms with E-state index in [1.807, 2.05) is 122 Å². The molecule has 0 bridgehead atoms. The number of aromatic carboxylic acids is 1. The third-order valence-corrected chi connectivity index (χ3v) is 15.3. The molecular formula is C64H77N12O10+. The van der Waals surface area contributed by atoms with Crippen molar-refractivity contribution in [3.05, 3.63) is 155 Å². The summed E-state index contributed by atoms with van der Waals surface area (Å²) in [7, 11) is 6.36. The molecule has 22 heteroatoms. The number of hydrogen-bond donors (Lipinski definition) is 9. The average molecular weight is 1170 g/mol. The Hall–Kier alpha value is -9.83. The summed E-state index contributed by atoms with van der Waals surface area (Å²) in [6, 6.07) is 37.4. The molecule has 86 heavy (non-hydrogen) atoms. The van der Waals surface area contributed by atoms with Crippen LogP contribution in [0.25, 0.3) is 33.4 Å². The Morgan fingerprint density at radius 2 is 1.16 bits per heavy atom. The molecule has 3 aliphatic heterocycles. The number of benzene rings is 6. The van der Waals surface area contributed by atoms with Crippen molar-refractivity contribution < 1.29 is 47.8 Å². The lowest BCUT2D eigenvalue weighted by molar-refractivity contribution is -0.120. The molecule has 7 amide bonds. The molecular weight excluding hydrogens is 1100 g/mol. The van der Waals surface area contributed by atoms with Gasteiger partial charge in [0.1, 0.15) is 29.4 Å². The van der Waals surface area contributed by atoms with Crippen LogP contribution in [0.2, 0.25) is 0 Å². The summed E-state index contributed by atoms with van der Waals surface area (Å²) in [5, 5.41) is 32.5. The number of carboxylic acid groups (broad SMARTS) is 1. The van der Waals surface area contributed by atoms with Crippen LogP contribution in [0.3, 0.4) is 0 Å². The monoisotopic (exact) mass is 1170 g/mol. The number of rotatable bonds is 22. The number of fused-ring (bicyclic) bond motifs is 8. The van der Waals surface area contributed by atoms with Gasteiger partial charge in [-0.15, -0.1) is 0 Å². The number of amides is 7. The molecule has 22 nitrogen and oxygen atoms in total. The van der Waals surface area contributed by atoms with Crippen molar-refractivity contribution in [2.75, 3.05) is 115 Å². The van der Waals surface area contributed by atoms with E-state index in [4.69, 9.17) is 13.9 Å². The van der Waals surface area contributed by atoms with Gasteiger partial charge < -0.3 is 71.0 Å². The van der Waals surface area contributed by atoms with Gasteiger partial charge in [-0.25, -0.2) is 34.0 Å². The fourth-order valence-corrected chi connectivity index (χ4v) is 10.9. The normalized spacial score (nSPS) is 12.6. The van der Waals surface area contributed by atoms with Crippen molar-refractivity contribution in [3.8, 4) is 33.9 Å². The number of carbonyl (C=O) groups excluding carboxylic acids is 5. The minimum absolute atomic E-state index is 0.0494. The van der Waals surface area contributed by atoms with Gasteiger partial charge in [-0.3, -0.25) is 4.79 Å². The molecule has 9 rings (SSSR count). The number of carboxylic acids is 1. The zero-order valence-electron chi connectivity index (χ0n) is 49.9. The second-order valence-electron chi connectivity index (χ2n) is 20.1. The molecule has 0 saturated heterocycles. The summed E-state index contributed by atoms with van der Waals surface area (Å²) >= 11 is 0.